The van der Waals surface area contributed by atoms with Crippen LogP contribution in [-0.2, 0) is 11.0 Å². The minimum atomic E-state index is -4.67. The number of amides is 2. The van der Waals surface area contributed by atoms with Crippen LogP contribution in [-0.4, -0.2) is 87.6 Å². The molecular formula is C31H34F3N8O3+. The summed E-state index contributed by atoms with van der Waals surface area (Å²) < 4.78 is 44.7. The van der Waals surface area contributed by atoms with Gasteiger partial charge in [0.2, 0.25) is 5.91 Å². The second-order valence-corrected chi connectivity index (χ2v) is 11.6. The molecule has 0 unspecified atom stereocenters. The summed E-state index contributed by atoms with van der Waals surface area (Å²) >= 11 is 0. The Hall–Kier alpha value is -5.16. The van der Waals surface area contributed by atoms with Crippen LogP contribution in [0.2, 0.25) is 0 Å². The van der Waals surface area contributed by atoms with E-state index in [4.69, 9.17) is 6.57 Å². The average molecular weight is 624 g/mol. The molecule has 0 bridgehead atoms. The second-order valence-electron chi connectivity index (χ2n) is 11.6. The number of quaternary nitrogens is 1. The molecule has 0 saturated heterocycles. The van der Waals surface area contributed by atoms with E-state index in [1.54, 1.807) is 37.4 Å². The van der Waals surface area contributed by atoms with Gasteiger partial charge < -0.3 is 14.7 Å². The number of hydrogen-bond acceptors (Lipinski definition) is 4. The minimum Gasteiger partial charge on any atom is -0.338 e. The first-order chi connectivity index (χ1) is 21.0. The number of carbonyl (C=O) groups excluding carboxylic acids is 2. The molecule has 2 aromatic heterocycles. The lowest BCUT2D eigenvalue weighted by Gasteiger charge is -2.28. The predicted octanol–water partition coefficient (Wildman–Crippen LogP) is 4.48. The number of halogens is 3. The van der Waals surface area contributed by atoms with Gasteiger partial charge in [-0.25, -0.2) is 23.7 Å². The van der Waals surface area contributed by atoms with E-state index < -0.39 is 29.5 Å². The molecule has 4 rings (SSSR count). The maximum atomic E-state index is 14.0. The zero-order valence-electron chi connectivity index (χ0n) is 25.8. The molecule has 0 fully saturated rings. The number of hydrogen-bond donors (Lipinski definition) is 1. The van der Waals surface area contributed by atoms with Crippen molar-refractivity contribution < 1.29 is 27.2 Å². The number of aromatic nitrogens is 4. The third-order valence-electron chi connectivity index (χ3n) is 7.22. The molecular weight excluding hydrogens is 589 g/mol. The maximum absolute atomic E-state index is 14.0. The molecule has 0 aliphatic carbocycles. The van der Waals surface area contributed by atoms with E-state index in [0.717, 1.165) is 21.3 Å². The zero-order chi connectivity index (χ0) is 33.3. The van der Waals surface area contributed by atoms with Crippen LogP contribution in [0.4, 0.5) is 23.7 Å². The van der Waals surface area contributed by atoms with Crippen LogP contribution in [0, 0.1) is 13.5 Å². The Morgan fingerprint density at radius 3 is 2.36 bits per heavy atom. The number of rotatable bonds is 8. The molecule has 4 aromatic rings. The average Bonchev–Trinajstić information content (AvgIpc) is 3.56. The molecule has 2 heterocycles. The lowest BCUT2D eigenvalue weighted by Crippen LogP contribution is -2.50. The smallest absolute Gasteiger partial charge is 0.338 e. The highest BCUT2D eigenvalue weighted by atomic mass is 19.4. The van der Waals surface area contributed by atoms with Crippen molar-refractivity contribution in [3.8, 4) is 22.8 Å². The Morgan fingerprint density at radius 2 is 1.76 bits per heavy atom. The first-order valence-corrected chi connectivity index (χ1v) is 13.9. The van der Waals surface area contributed by atoms with Crippen molar-refractivity contribution in [2.75, 3.05) is 41.3 Å². The largest absolute Gasteiger partial charge is 0.416 e. The summed E-state index contributed by atoms with van der Waals surface area (Å²) in [5, 5.41) is 6.93. The number of likely N-dealkylation sites (N-methyl/N-ethyl adjacent to an activating group) is 2. The topological polar surface area (TPSA) is 98.5 Å². The molecule has 14 heteroatoms. The van der Waals surface area contributed by atoms with E-state index in [2.05, 4.69) is 15.3 Å². The maximum Gasteiger partial charge on any atom is 0.416 e. The molecule has 1 atom stereocenters. The first-order valence-electron chi connectivity index (χ1n) is 13.9. The van der Waals surface area contributed by atoms with Crippen molar-refractivity contribution >= 4 is 17.6 Å². The van der Waals surface area contributed by atoms with Crippen LogP contribution >= 0.6 is 0 Å². The van der Waals surface area contributed by atoms with Crippen molar-refractivity contribution in [1.29, 1.82) is 0 Å². The van der Waals surface area contributed by atoms with Crippen LogP contribution in [0.3, 0.4) is 0 Å². The van der Waals surface area contributed by atoms with Crippen molar-refractivity contribution in [2.24, 2.45) is 0 Å². The summed E-state index contributed by atoms with van der Waals surface area (Å²) in [6.07, 6.45) is -3.22. The van der Waals surface area contributed by atoms with Gasteiger partial charge in [0, 0.05) is 7.05 Å². The van der Waals surface area contributed by atoms with Gasteiger partial charge in [0.25, 0.3) is 0 Å². The molecule has 0 radical (unpaired) electrons. The van der Waals surface area contributed by atoms with Crippen LogP contribution in [0.5, 0.6) is 0 Å². The van der Waals surface area contributed by atoms with Gasteiger partial charge in [-0.1, -0.05) is 18.2 Å². The Balaban J connectivity index is 1.84. The first kappa shape index (κ1) is 32.7. The standard InChI is InChI=1S/C31H33F3N8O3/c1-20(28(43)38(4)17-18-42(5,6)7)37-29(44)40-27(26-15-16-36-41(26)24-13-11-23(35-3)12-14-24)21(2)39(30(40)45)25-10-8-9-22(19-25)31(32,33)34/h8-16,19-20H,17-18H2,1-2,4-7H3/p+1/t20-/m0/s1. The molecule has 0 saturated carbocycles. The van der Waals surface area contributed by atoms with E-state index >= 15 is 0 Å². The van der Waals surface area contributed by atoms with Gasteiger partial charge in [-0.05, 0) is 50.2 Å². The van der Waals surface area contributed by atoms with E-state index in [-0.39, 0.29) is 28.7 Å². The summed E-state index contributed by atoms with van der Waals surface area (Å²) in [7, 11) is 7.57. The number of imidazole rings is 1. The van der Waals surface area contributed by atoms with Crippen molar-refractivity contribution in [1.82, 2.24) is 29.1 Å². The monoisotopic (exact) mass is 623 g/mol. The molecule has 0 aliphatic heterocycles. The van der Waals surface area contributed by atoms with Crippen LogP contribution in [0.25, 0.3) is 27.6 Å². The highest BCUT2D eigenvalue weighted by Crippen LogP contribution is 2.32. The summed E-state index contributed by atoms with van der Waals surface area (Å²) in [5.41, 5.74) is -0.611. The van der Waals surface area contributed by atoms with Gasteiger partial charge in [-0.2, -0.15) is 18.3 Å². The highest BCUT2D eigenvalue weighted by Gasteiger charge is 2.32. The minimum absolute atomic E-state index is 0.0553. The normalized spacial score (nSPS) is 12.4. The van der Waals surface area contributed by atoms with Crippen molar-refractivity contribution in [2.45, 2.75) is 26.1 Å². The Labute approximate surface area is 258 Å². The fraction of sp³-hybridized carbons (Fsp3) is 0.323. The lowest BCUT2D eigenvalue weighted by atomic mass is 10.2. The summed E-state index contributed by atoms with van der Waals surface area (Å²) in [6.45, 7) is 11.3. The SMILES string of the molecule is [C-]#[N+]c1ccc(-n2nccc2-c2c(C)n(-c3cccc(C(F)(F)F)c3)c(=O)n2C(=O)N[C@@H](C)C(=O)N(C)CC[N+](C)(C)C)cc1. The molecule has 0 aliphatic rings. The molecule has 0 spiro atoms. The molecule has 2 amide bonds. The second kappa shape index (κ2) is 12.4. The fourth-order valence-electron chi connectivity index (χ4n) is 4.78. The Kier molecular flexibility index (Phi) is 9.06. The Morgan fingerprint density at radius 1 is 1.09 bits per heavy atom. The number of nitrogens with one attached hydrogen (secondary N) is 1. The van der Waals surface area contributed by atoms with Gasteiger partial charge in [-0.15, -0.1) is 0 Å². The van der Waals surface area contributed by atoms with Gasteiger partial charge in [0.05, 0.1) is 75.3 Å². The molecule has 236 valence electrons. The number of alkyl halides is 3. The number of benzene rings is 2. The molecule has 2 aromatic carbocycles. The quantitative estimate of drug-likeness (QED) is 0.231. The number of nitrogens with zero attached hydrogens (tertiary/aromatic N) is 7. The van der Waals surface area contributed by atoms with E-state index in [9.17, 15) is 27.6 Å². The van der Waals surface area contributed by atoms with Gasteiger partial charge in [-0.3, -0.25) is 9.36 Å². The molecule has 45 heavy (non-hydrogen) atoms. The molecule has 1 N–H and O–H groups in total. The number of carbonyl (C=O) groups is 2. The third-order valence-corrected chi connectivity index (χ3v) is 7.22. The van der Waals surface area contributed by atoms with E-state index in [1.165, 1.54) is 41.8 Å². The van der Waals surface area contributed by atoms with Crippen molar-refractivity contribution in [3.63, 3.8) is 0 Å². The third kappa shape index (κ3) is 6.99. The predicted molar refractivity (Wildman–Crippen MR) is 163 cm³/mol. The van der Waals surface area contributed by atoms with Crippen molar-refractivity contribution in [3.05, 3.63) is 94.0 Å². The summed E-state index contributed by atoms with van der Waals surface area (Å²) in [4.78, 5) is 45.8. The lowest BCUT2D eigenvalue weighted by molar-refractivity contribution is -0.869. The van der Waals surface area contributed by atoms with Gasteiger partial charge >= 0.3 is 17.9 Å². The van der Waals surface area contributed by atoms with E-state index in [1.807, 2.05) is 21.1 Å². The van der Waals surface area contributed by atoms with Gasteiger partial charge in [0.1, 0.15) is 11.7 Å². The van der Waals surface area contributed by atoms with E-state index in [0.29, 0.717) is 28.9 Å². The van der Waals surface area contributed by atoms with Gasteiger partial charge in [0.15, 0.2) is 5.69 Å². The van der Waals surface area contributed by atoms with Crippen LogP contribution in [0.15, 0.2) is 65.6 Å². The molecule has 11 nitrogen and oxygen atoms in total. The Bertz CT molecular complexity index is 1820. The highest BCUT2D eigenvalue weighted by molar-refractivity contribution is 5.89. The zero-order valence-corrected chi connectivity index (χ0v) is 25.8. The van der Waals surface area contributed by atoms with Crippen LogP contribution in [0.1, 0.15) is 18.2 Å². The van der Waals surface area contributed by atoms with Crippen LogP contribution < -0.4 is 11.0 Å². The summed E-state index contributed by atoms with van der Waals surface area (Å²) in [6, 6.07) is 10.2. The summed E-state index contributed by atoms with van der Waals surface area (Å²) in [5.74, 6) is -0.384. The fourth-order valence-corrected chi connectivity index (χ4v) is 4.78.